The lowest BCUT2D eigenvalue weighted by atomic mass is 10.2. The first-order valence-corrected chi connectivity index (χ1v) is 7.10. The number of rotatable bonds is 8. The smallest absolute Gasteiger partial charge is 0.305 e. The van der Waals surface area contributed by atoms with Crippen molar-refractivity contribution in [3.05, 3.63) is 17.6 Å². The minimum absolute atomic E-state index is 0.379. The monoisotopic (exact) mass is 232 g/mol. The van der Waals surface area contributed by atoms with Crippen LogP contribution in [0, 0.1) is 0 Å². The maximum atomic E-state index is 11.9. The van der Waals surface area contributed by atoms with Crippen LogP contribution in [0.2, 0.25) is 0 Å². The van der Waals surface area contributed by atoms with Gasteiger partial charge in [-0.05, 0) is 32.8 Å². The Morgan fingerprint density at radius 3 is 2.27 bits per heavy atom. The molecular formula is C11H21O3P. The predicted molar refractivity (Wildman–Crippen MR) is 63.0 cm³/mol. The molecule has 0 fully saturated rings. The van der Waals surface area contributed by atoms with E-state index in [0.717, 1.165) is 19.3 Å². The van der Waals surface area contributed by atoms with Crippen LogP contribution in [0.15, 0.2) is 17.6 Å². The van der Waals surface area contributed by atoms with E-state index in [1.165, 1.54) is 5.82 Å². The average Bonchev–Trinajstić information content (AvgIpc) is 2.18. The Bertz CT molecular complexity index is 245. The van der Waals surface area contributed by atoms with E-state index in [1.807, 2.05) is 6.08 Å². The van der Waals surface area contributed by atoms with Gasteiger partial charge in [0.1, 0.15) is 0 Å². The van der Waals surface area contributed by atoms with Crippen molar-refractivity contribution in [2.75, 3.05) is 13.2 Å². The SMILES string of the molecule is CCCCC=C=CP(=O)(OCC)OCC. The highest BCUT2D eigenvalue weighted by atomic mass is 31.2. The summed E-state index contributed by atoms with van der Waals surface area (Å²) < 4.78 is 22.0. The Balaban J connectivity index is 4.26. The first kappa shape index (κ1) is 14.7. The average molecular weight is 232 g/mol. The van der Waals surface area contributed by atoms with E-state index in [2.05, 4.69) is 12.7 Å². The van der Waals surface area contributed by atoms with Crippen molar-refractivity contribution in [2.45, 2.75) is 40.0 Å². The van der Waals surface area contributed by atoms with Crippen molar-refractivity contribution in [3.8, 4) is 0 Å². The predicted octanol–water partition coefficient (Wildman–Crippen LogP) is 4.11. The van der Waals surface area contributed by atoms with Gasteiger partial charge in [0.25, 0.3) is 0 Å². The van der Waals surface area contributed by atoms with Gasteiger partial charge in [-0.3, -0.25) is 4.57 Å². The topological polar surface area (TPSA) is 35.5 Å². The summed E-state index contributed by atoms with van der Waals surface area (Å²) in [5, 5.41) is 0. The third kappa shape index (κ3) is 7.58. The Morgan fingerprint density at radius 2 is 1.80 bits per heavy atom. The van der Waals surface area contributed by atoms with Crippen molar-refractivity contribution in [3.63, 3.8) is 0 Å². The Morgan fingerprint density at radius 1 is 1.20 bits per heavy atom. The fraction of sp³-hybridized carbons (Fsp3) is 0.727. The van der Waals surface area contributed by atoms with Gasteiger partial charge in [0, 0.05) is 0 Å². The largest absolute Gasteiger partial charge is 0.361 e. The standard InChI is InChI=1S/C11H21O3P/c1-4-7-8-9-10-11-15(12,13-5-2)14-6-3/h9,11H,4-8H2,1-3H3. The van der Waals surface area contributed by atoms with Crippen LogP contribution in [0.1, 0.15) is 40.0 Å². The van der Waals surface area contributed by atoms with Crippen molar-refractivity contribution in [1.29, 1.82) is 0 Å². The lowest BCUT2D eigenvalue weighted by Gasteiger charge is -2.10. The summed E-state index contributed by atoms with van der Waals surface area (Å²) in [5.74, 6) is 1.41. The van der Waals surface area contributed by atoms with Crippen LogP contribution in [0.5, 0.6) is 0 Å². The highest BCUT2D eigenvalue weighted by Gasteiger charge is 2.18. The van der Waals surface area contributed by atoms with Crippen LogP contribution >= 0.6 is 7.60 Å². The zero-order chi connectivity index (χ0) is 11.6. The number of hydrogen-bond donors (Lipinski definition) is 0. The second-order valence-corrected chi connectivity index (χ2v) is 4.87. The minimum atomic E-state index is -3.04. The fourth-order valence-corrected chi connectivity index (χ4v) is 2.24. The van der Waals surface area contributed by atoms with Gasteiger partial charge in [-0.15, -0.1) is 5.73 Å². The molecule has 0 saturated heterocycles. The molecular weight excluding hydrogens is 211 g/mol. The van der Waals surface area contributed by atoms with Gasteiger partial charge in [-0.2, -0.15) is 0 Å². The molecule has 0 saturated carbocycles. The molecule has 0 atom stereocenters. The molecule has 0 aliphatic rings. The van der Waals surface area contributed by atoms with Crippen LogP contribution in [0.4, 0.5) is 0 Å². The van der Waals surface area contributed by atoms with Crippen molar-refractivity contribution >= 4 is 7.60 Å². The van der Waals surface area contributed by atoms with Gasteiger partial charge in [0.2, 0.25) is 0 Å². The molecule has 0 aromatic heterocycles. The molecule has 4 heteroatoms. The highest BCUT2D eigenvalue weighted by Crippen LogP contribution is 2.49. The van der Waals surface area contributed by atoms with Crippen LogP contribution < -0.4 is 0 Å². The van der Waals surface area contributed by atoms with E-state index >= 15 is 0 Å². The Labute approximate surface area is 92.7 Å². The maximum absolute atomic E-state index is 11.9. The third-order valence-corrected chi connectivity index (χ3v) is 3.37. The molecule has 15 heavy (non-hydrogen) atoms. The van der Waals surface area contributed by atoms with Gasteiger partial charge in [-0.1, -0.05) is 13.3 Å². The molecule has 0 heterocycles. The van der Waals surface area contributed by atoms with Gasteiger partial charge >= 0.3 is 7.60 Å². The molecule has 0 spiro atoms. The normalized spacial score (nSPS) is 10.9. The maximum Gasteiger partial charge on any atom is 0.361 e. The molecule has 0 bridgehead atoms. The summed E-state index contributed by atoms with van der Waals surface area (Å²) in [6.45, 7) is 6.47. The molecule has 3 nitrogen and oxygen atoms in total. The number of unbranched alkanes of at least 4 members (excludes halogenated alkanes) is 2. The summed E-state index contributed by atoms with van der Waals surface area (Å²) in [6, 6.07) is 0. The first-order valence-electron chi connectivity index (χ1n) is 5.49. The molecule has 0 rings (SSSR count). The van der Waals surface area contributed by atoms with Gasteiger partial charge < -0.3 is 9.05 Å². The fourth-order valence-electron chi connectivity index (χ4n) is 1.01. The third-order valence-electron chi connectivity index (χ3n) is 1.67. The van der Waals surface area contributed by atoms with E-state index in [4.69, 9.17) is 9.05 Å². The van der Waals surface area contributed by atoms with E-state index in [9.17, 15) is 4.57 Å². The second-order valence-electron chi connectivity index (χ2n) is 3.02. The molecule has 0 radical (unpaired) electrons. The summed E-state index contributed by atoms with van der Waals surface area (Å²) >= 11 is 0. The zero-order valence-electron chi connectivity index (χ0n) is 9.86. The molecule has 0 aliphatic heterocycles. The van der Waals surface area contributed by atoms with Gasteiger partial charge in [0.15, 0.2) is 0 Å². The molecule has 0 unspecified atom stereocenters. The van der Waals surface area contributed by atoms with Crippen LogP contribution in [0.3, 0.4) is 0 Å². The summed E-state index contributed by atoms with van der Waals surface area (Å²) in [4.78, 5) is 0. The van der Waals surface area contributed by atoms with Gasteiger partial charge in [-0.25, -0.2) is 0 Å². The zero-order valence-corrected chi connectivity index (χ0v) is 10.8. The first-order chi connectivity index (χ1) is 7.18. The van der Waals surface area contributed by atoms with E-state index < -0.39 is 7.60 Å². The van der Waals surface area contributed by atoms with Crippen molar-refractivity contribution in [1.82, 2.24) is 0 Å². The summed E-state index contributed by atoms with van der Waals surface area (Å²) in [5.41, 5.74) is 2.87. The molecule has 0 aromatic rings. The number of hydrogen-bond acceptors (Lipinski definition) is 3. The van der Waals surface area contributed by atoms with Crippen molar-refractivity contribution < 1.29 is 13.6 Å². The molecule has 0 N–H and O–H groups in total. The molecule has 0 aliphatic carbocycles. The second kappa shape index (κ2) is 8.94. The van der Waals surface area contributed by atoms with Gasteiger partial charge in [0.05, 0.1) is 19.0 Å². The van der Waals surface area contributed by atoms with E-state index in [1.54, 1.807) is 13.8 Å². The minimum Gasteiger partial charge on any atom is -0.305 e. The van der Waals surface area contributed by atoms with Crippen LogP contribution in [0.25, 0.3) is 0 Å². The summed E-state index contributed by atoms with van der Waals surface area (Å²) in [6.07, 6.45) is 5.08. The molecule has 88 valence electrons. The molecule has 0 amide bonds. The Kier molecular flexibility index (Phi) is 8.74. The van der Waals surface area contributed by atoms with Crippen molar-refractivity contribution in [2.24, 2.45) is 0 Å². The Hall–Kier alpha value is -0.330. The van der Waals surface area contributed by atoms with Crippen LogP contribution in [-0.2, 0) is 13.6 Å². The van der Waals surface area contributed by atoms with E-state index in [-0.39, 0.29) is 0 Å². The quantitative estimate of drug-likeness (QED) is 0.359. The lowest BCUT2D eigenvalue weighted by molar-refractivity contribution is 0.229. The molecule has 0 aromatic carbocycles. The lowest BCUT2D eigenvalue weighted by Crippen LogP contribution is -1.91. The van der Waals surface area contributed by atoms with E-state index in [0.29, 0.717) is 13.2 Å². The number of allylic oxidation sites excluding steroid dienone is 1. The summed E-state index contributed by atoms with van der Waals surface area (Å²) in [7, 11) is -3.04. The highest BCUT2D eigenvalue weighted by molar-refractivity contribution is 7.57. The van der Waals surface area contributed by atoms with Crippen LogP contribution in [-0.4, -0.2) is 13.2 Å².